The van der Waals surface area contributed by atoms with E-state index < -0.39 is 0 Å². The normalized spacial score (nSPS) is 11.8. The van der Waals surface area contributed by atoms with Crippen LogP contribution in [-0.4, -0.2) is 32.0 Å². The molecule has 4 nitrogen and oxygen atoms in total. The van der Waals surface area contributed by atoms with Gasteiger partial charge in [0.2, 0.25) is 0 Å². The SMILES string of the molecule is CCCC(Cl)CNC(=O)c1c(OC)cccc1OC. The predicted molar refractivity (Wildman–Crippen MR) is 76.4 cm³/mol. The fourth-order valence-electron chi connectivity index (χ4n) is 1.78. The summed E-state index contributed by atoms with van der Waals surface area (Å²) in [5.74, 6) is 0.730. The van der Waals surface area contributed by atoms with Gasteiger partial charge in [-0.05, 0) is 18.6 Å². The summed E-state index contributed by atoms with van der Waals surface area (Å²) in [4.78, 5) is 12.2. The van der Waals surface area contributed by atoms with Gasteiger partial charge >= 0.3 is 0 Å². The van der Waals surface area contributed by atoms with Crippen LogP contribution in [0.1, 0.15) is 30.1 Å². The molecule has 0 spiro atoms. The summed E-state index contributed by atoms with van der Waals surface area (Å²) in [6, 6.07) is 5.22. The number of alkyl halides is 1. The Morgan fingerprint density at radius 3 is 2.37 bits per heavy atom. The molecule has 1 amide bonds. The van der Waals surface area contributed by atoms with Crippen molar-refractivity contribution < 1.29 is 14.3 Å². The van der Waals surface area contributed by atoms with E-state index in [1.807, 2.05) is 0 Å². The number of hydrogen-bond acceptors (Lipinski definition) is 3. The molecule has 0 saturated heterocycles. The van der Waals surface area contributed by atoms with E-state index in [1.54, 1.807) is 18.2 Å². The third kappa shape index (κ3) is 4.31. The lowest BCUT2D eigenvalue weighted by atomic mass is 10.1. The molecule has 1 aromatic rings. The monoisotopic (exact) mass is 285 g/mol. The maximum Gasteiger partial charge on any atom is 0.258 e. The molecule has 5 heteroatoms. The number of carbonyl (C=O) groups is 1. The van der Waals surface area contributed by atoms with Crippen molar-refractivity contribution in [1.82, 2.24) is 5.32 Å². The van der Waals surface area contributed by atoms with Crippen LogP contribution in [0.25, 0.3) is 0 Å². The number of ether oxygens (including phenoxy) is 2. The summed E-state index contributed by atoms with van der Waals surface area (Å²) >= 11 is 6.08. The highest BCUT2D eigenvalue weighted by molar-refractivity contribution is 6.21. The molecule has 1 N–H and O–H groups in total. The molecule has 0 aliphatic carbocycles. The van der Waals surface area contributed by atoms with Crippen molar-refractivity contribution in [1.29, 1.82) is 0 Å². The molecule has 1 aromatic carbocycles. The van der Waals surface area contributed by atoms with Crippen LogP contribution in [-0.2, 0) is 0 Å². The zero-order valence-electron chi connectivity index (χ0n) is 11.5. The summed E-state index contributed by atoms with van der Waals surface area (Å²) in [5, 5.41) is 2.74. The summed E-state index contributed by atoms with van der Waals surface area (Å²) < 4.78 is 10.4. The Balaban J connectivity index is 2.81. The molecule has 0 aromatic heterocycles. The molecule has 0 bridgehead atoms. The van der Waals surface area contributed by atoms with E-state index in [-0.39, 0.29) is 11.3 Å². The van der Waals surface area contributed by atoms with E-state index in [0.29, 0.717) is 23.6 Å². The smallest absolute Gasteiger partial charge is 0.258 e. The number of rotatable bonds is 7. The Kier molecular flexibility index (Phi) is 6.50. The van der Waals surface area contributed by atoms with E-state index in [1.165, 1.54) is 14.2 Å². The van der Waals surface area contributed by atoms with Crippen molar-refractivity contribution in [2.75, 3.05) is 20.8 Å². The average molecular weight is 286 g/mol. The maximum absolute atomic E-state index is 12.2. The largest absolute Gasteiger partial charge is 0.496 e. The highest BCUT2D eigenvalue weighted by Gasteiger charge is 2.18. The Bertz CT molecular complexity index is 401. The highest BCUT2D eigenvalue weighted by Crippen LogP contribution is 2.27. The molecule has 0 heterocycles. The maximum atomic E-state index is 12.2. The summed E-state index contributed by atoms with van der Waals surface area (Å²) in [5.41, 5.74) is 0.396. The second-order valence-corrected chi connectivity index (χ2v) is 4.75. The zero-order chi connectivity index (χ0) is 14.3. The van der Waals surface area contributed by atoms with Crippen LogP contribution < -0.4 is 14.8 Å². The Morgan fingerprint density at radius 1 is 1.32 bits per heavy atom. The van der Waals surface area contributed by atoms with Crippen LogP contribution in [0.2, 0.25) is 0 Å². The van der Waals surface area contributed by atoms with Crippen LogP contribution in [0.3, 0.4) is 0 Å². The molecule has 1 atom stereocenters. The highest BCUT2D eigenvalue weighted by atomic mass is 35.5. The quantitative estimate of drug-likeness (QED) is 0.784. The molecule has 106 valence electrons. The van der Waals surface area contributed by atoms with E-state index >= 15 is 0 Å². The minimum Gasteiger partial charge on any atom is -0.496 e. The van der Waals surface area contributed by atoms with Gasteiger partial charge in [-0.1, -0.05) is 19.4 Å². The number of carbonyl (C=O) groups excluding carboxylic acids is 1. The molecule has 0 aliphatic heterocycles. The van der Waals surface area contributed by atoms with Crippen molar-refractivity contribution in [2.24, 2.45) is 0 Å². The van der Waals surface area contributed by atoms with Gasteiger partial charge in [0.15, 0.2) is 0 Å². The first-order chi connectivity index (χ1) is 9.13. The molecule has 0 fully saturated rings. The lowest BCUT2D eigenvalue weighted by Gasteiger charge is -2.14. The second-order valence-electron chi connectivity index (χ2n) is 4.13. The summed E-state index contributed by atoms with van der Waals surface area (Å²) in [6.07, 6.45) is 1.85. The van der Waals surface area contributed by atoms with Crippen LogP contribution >= 0.6 is 11.6 Å². The van der Waals surface area contributed by atoms with Gasteiger partial charge in [-0.15, -0.1) is 11.6 Å². The van der Waals surface area contributed by atoms with Gasteiger partial charge in [0.05, 0.1) is 19.6 Å². The number of amides is 1. The molecule has 0 radical (unpaired) electrons. The van der Waals surface area contributed by atoms with Crippen molar-refractivity contribution >= 4 is 17.5 Å². The standard InChI is InChI=1S/C14H20ClNO3/c1-4-6-10(15)9-16-14(17)13-11(18-2)7-5-8-12(13)19-3/h5,7-8,10H,4,6,9H2,1-3H3,(H,16,17). The van der Waals surface area contributed by atoms with E-state index in [0.717, 1.165) is 12.8 Å². The van der Waals surface area contributed by atoms with Crippen molar-refractivity contribution in [3.05, 3.63) is 23.8 Å². The lowest BCUT2D eigenvalue weighted by molar-refractivity contribution is 0.0947. The predicted octanol–water partition coefficient (Wildman–Crippen LogP) is 2.84. The van der Waals surface area contributed by atoms with Gasteiger partial charge < -0.3 is 14.8 Å². The van der Waals surface area contributed by atoms with Crippen molar-refractivity contribution in [3.8, 4) is 11.5 Å². The van der Waals surface area contributed by atoms with E-state index in [9.17, 15) is 4.79 Å². The number of halogens is 1. The van der Waals surface area contributed by atoms with Gasteiger partial charge in [-0.3, -0.25) is 4.79 Å². The minimum absolute atomic E-state index is 0.0605. The summed E-state index contributed by atoms with van der Waals surface area (Å²) in [6.45, 7) is 2.48. The molecule has 0 saturated carbocycles. The first-order valence-electron chi connectivity index (χ1n) is 6.27. The summed E-state index contributed by atoms with van der Waals surface area (Å²) in [7, 11) is 3.04. The third-order valence-electron chi connectivity index (χ3n) is 2.74. The van der Waals surface area contributed by atoms with E-state index in [4.69, 9.17) is 21.1 Å². The fourth-order valence-corrected chi connectivity index (χ4v) is 2.08. The zero-order valence-corrected chi connectivity index (χ0v) is 12.3. The number of hydrogen-bond donors (Lipinski definition) is 1. The average Bonchev–Trinajstić information content (AvgIpc) is 2.44. The second kappa shape index (κ2) is 7.89. The minimum atomic E-state index is -0.240. The van der Waals surface area contributed by atoms with Gasteiger partial charge in [0.25, 0.3) is 5.91 Å². The van der Waals surface area contributed by atoms with E-state index in [2.05, 4.69) is 12.2 Å². The topological polar surface area (TPSA) is 47.6 Å². The first kappa shape index (κ1) is 15.6. The molecular weight excluding hydrogens is 266 g/mol. The van der Waals surface area contributed by atoms with Crippen LogP contribution in [0, 0.1) is 0 Å². The Labute approximate surface area is 119 Å². The third-order valence-corrected chi connectivity index (χ3v) is 3.11. The van der Waals surface area contributed by atoms with Gasteiger partial charge in [0.1, 0.15) is 17.1 Å². The Morgan fingerprint density at radius 2 is 1.89 bits per heavy atom. The van der Waals surface area contributed by atoms with Crippen LogP contribution in [0.4, 0.5) is 0 Å². The number of nitrogens with one attached hydrogen (secondary N) is 1. The number of benzene rings is 1. The number of methoxy groups -OCH3 is 2. The van der Waals surface area contributed by atoms with Gasteiger partial charge in [-0.25, -0.2) is 0 Å². The van der Waals surface area contributed by atoms with Gasteiger partial charge in [0, 0.05) is 6.54 Å². The van der Waals surface area contributed by atoms with Gasteiger partial charge in [-0.2, -0.15) is 0 Å². The first-order valence-corrected chi connectivity index (χ1v) is 6.70. The Hall–Kier alpha value is -1.42. The fraction of sp³-hybridized carbons (Fsp3) is 0.500. The van der Waals surface area contributed by atoms with Crippen molar-refractivity contribution in [3.63, 3.8) is 0 Å². The van der Waals surface area contributed by atoms with Crippen LogP contribution in [0.15, 0.2) is 18.2 Å². The van der Waals surface area contributed by atoms with Crippen molar-refractivity contribution in [2.45, 2.75) is 25.1 Å². The molecule has 1 unspecified atom stereocenters. The molecular formula is C14H20ClNO3. The molecule has 19 heavy (non-hydrogen) atoms. The molecule has 1 rings (SSSR count). The lowest BCUT2D eigenvalue weighted by Crippen LogP contribution is -2.30. The van der Waals surface area contributed by atoms with Crippen LogP contribution in [0.5, 0.6) is 11.5 Å². The molecule has 0 aliphatic rings.